The van der Waals surface area contributed by atoms with Crippen molar-refractivity contribution in [1.82, 2.24) is 0 Å². The molecule has 2 nitrogen and oxygen atoms in total. The molecule has 8 aromatic rings. The molecule has 0 unspecified atom stereocenters. The molecular weight excluding hydrogens is 635 g/mol. The predicted molar refractivity (Wildman–Crippen MR) is 222 cm³/mol. The Morgan fingerprint density at radius 2 is 1.37 bits per heavy atom. The van der Waals surface area contributed by atoms with Crippen LogP contribution in [0.3, 0.4) is 0 Å². The molecule has 0 atom stereocenters. The number of rotatable bonds is 6. The van der Waals surface area contributed by atoms with Crippen molar-refractivity contribution in [2.75, 3.05) is 9.71 Å². The molecule has 0 spiro atoms. The van der Waals surface area contributed by atoms with Gasteiger partial charge in [-0.2, -0.15) is 0 Å². The highest BCUT2D eigenvalue weighted by Gasteiger charge is 2.46. The second kappa shape index (κ2) is 12.0. The molecule has 0 N–H and O–H groups in total. The van der Waals surface area contributed by atoms with Crippen LogP contribution in [-0.2, 0) is 6.42 Å². The number of para-hydroxylation sites is 2. The van der Waals surface area contributed by atoms with Gasteiger partial charge in [-0.25, -0.2) is 0 Å². The van der Waals surface area contributed by atoms with Crippen molar-refractivity contribution in [2.45, 2.75) is 33.1 Å². The Labute approximate surface area is 304 Å². The zero-order valence-electron chi connectivity index (χ0n) is 28.9. The number of hydrogen-bond acceptors (Lipinski definition) is 3. The second-order valence-electron chi connectivity index (χ2n) is 14.0. The van der Waals surface area contributed by atoms with Crippen molar-refractivity contribution in [2.24, 2.45) is 0 Å². The quantitative estimate of drug-likeness (QED) is 0.162. The van der Waals surface area contributed by atoms with Crippen LogP contribution in [0.2, 0.25) is 0 Å². The fourth-order valence-electron chi connectivity index (χ4n) is 8.64. The molecule has 0 radical (unpaired) electrons. The summed E-state index contributed by atoms with van der Waals surface area (Å²) in [6, 6.07) is 56.9. The van der Waals surface area contributed by atoms with Crippen molar-refractivity contribution >= 4 is 77.7 Å². The molecule has 7 aromatic carbocycles. The van der Waals surface area contributed by atoms with E-state index in [9.17, 15) is 0 Å². The standard InChI is InChI=1S/C47H37BN2S/c1-3-4-15-32-24-26-40(37(30-32)33-16-7-5-8-17-33)49-42-29-31(2)28-38-35-20-11-13-22-41(35)50(34-18-9-6-10-19-34)48(46(38)42)39-25-27-44-45(47(39)49)36-21-12-14-23-43(36)51-44/h5-14,16-30H,3-4,15H2,1-2H3. The van der Waals surface area contributed by atoms with E-state index in [1.54, 1.807) is 0 Å². The zero-order valence-corrected chi connectivity index (χ0v) is 29.8. The maximum atomic E-state index is 2.64. The summed E-state index contributed by atoms with van der Waals surface area (Å²) in [5.41, 5.74) is 16.7. The molecule has 244 valence electrons. The van der Waals surface area contributed by atoms with Gasteiger partial charge in [0.25, 0.3) is 0 Å². The molecule has 0 fully saturated rings. The van der Waals surface area contributed by atoms with Gasteiger partial charge in [-0.15, -0.1) is 11.3 Å². The van der Waals surface area contributed by atoms with E-state index in [0.717, 1.165) is 6.42 Å². The Morgan fingerprint density at radius 1 is 0.608 bits per heavy atom. The third kappa shape index (κ3) is 4.70. The first kappa shape index (κ1) is 30.3. The summed E-state index contributed by atoms with van der Waals surface area (Å²) in [6.45, 7) is 4.53. The smallest absolute Gasteiger partial charge is 0.333 e. The van der Waals surface area contributed by atoms with Gasteiger partial charge >= 0.3 is 6.85 Å². The molecule has 2 aliphatic rings. The molecule has 0 aliphatic carbocycles. The van der Waals surface area contributed by atoms with Crippen LogP contribution in [0.1, 0.15) is 30.9 Å². The lowest BCUT2D eigenvalue weighted by Gasteiger charge is -2.46. The minimum Gasteiger partial charge on any atom is -0.376 e. The van der Waals surface area contributed by atoms with E-state index < -0.39 is 0 Å². The molecule has 2 aliphatic heterocycles. The predicted octanol–water partition coefficient (Wildman–Crippen LogP) is 12.1. The van der Waals surface area contributed by atoms with Crippen LogP contribution in [0.5, 0.6) is 0 Å². The molecule has 3 heterocycles. The minimum atomic E-state index is -0.00813. The number of unbranched alkanes of at least 4 members (excludes halogenated alkanes) is 1. The lowest BCUT2D eigenvalue weighted by Crippen LogP contribution is -2.61. The Balaban J connectivity index is 1.36. The Bertz CT molecular complexity index is 2610. The highest BCUT2D eigenvalue weighted by molar-refractivity contribution is 7.26. The second-order valence-corrected chi connectivity index (χ2v) is 15.1. The Hall–Kier alpha value is -5.58. The lowest BCUT2D eigenvalue weighted by molar-refractivity contribution is 0.795. The minimum absolute atomic E-state index is 0.00813. The van der Waals surface area contributed by atoms with Crippen molar-refractivity contribution in [1.29, 1.82) is 0 Å². The number of thiophene rings is 1. The molecular formula is C47H37BN2S. The average Bonchev–Trinajstić information content (AvgIpc) is 3.57. The van der Waals surface area contributed by atoms with Crippen LogP contribution in [0.4, 0.5) is 28.4 Å². The number of aryl methyl sites for hydroxylation is 2. The molecule has 0 bridgehead atoms. The van der Waals surface area contributed by atoms with Gasteiger partial charge in [-0.05, 0) is 101 Å². The topological polar surface area (TPSA) is 6.48 Å². The molecule has 10 rings (SSSR count). The molecule has 0 saturated heterocycles. The maximum absolute atomic E-state index is 2.64. The number of hydrogen-bond donors (Lipinski definition) is 0. The SMILES string of the molecule is CCCCc1ccc(N2c3cc(C)cc4c3B(c3ccc5sc6ccccc6c5c32)N(c2ccccc2)c2ccccc2-4)c(-c2ccccc2)c1. The summed E-state index contributed by atoms with van der Waals surface area (Å²) in [7, 11) is 0. The highest BCUT2D eigenvalue weighted by Crippen LogP contribution is 2.51. The van der Waals surface area contributed by atoms with Gasteiger partial charge in [-0.1, -0.05) is 116 Å². The summed E-state index contributed by atoms with van der Waals surface area (Å²) in [5, 5.41) is 2.65. The van der Waals surface area contributed by atoms with Gasteiger partial charge in [0, 0.05) is 48.4 Å². The van der Waals surface area contributed by atoms with Crippen LogP contribution in [0.25, 0.3) is 42.4 Å². The number of fused-ring (bicyclic) bond motifs is 8. The summed E-state index contributed by atoms with van der Waals surface area (Å²) in [4.78, 5) is 5.24. The molecule has 0 amide bonds. The summed E-state index contributed by atoms with van der Waals surface area (Å²) < 4.78 is 2.64. The molecule has 0 saturated carbocycles. The van der Waals surface area contributed by atoms with Gasteiger partial charge in [-0.3, -0.25) is 0 Å². The Morgan fingerprint density at radius 3 is 2.22 bits per heavy atom. The first-order valence-corrected chi connectivity index (χ1v) is 19.0. The van der Waals surface area contributed by atoms with Crippen molar-refractivity contribution in [3.05, 3.63) is 163 Å². The fourth-order valence-corrected chi connectivity index (χ4v) is 9.74. The molecule has 4 heteroatoms. The summed E-state index contributed by atoms with van der Waals surface area (Å²) >= 11 is 1.90. The third-order valence-electron chi connectivity index (χ3n) is 10.8. The van der Waals surface area contributed by atoms with Gasteiger partial charge in [0.05, 0.1) is 11.4 Å². The fraction of sp³-hybridized carbons (Fsp3) is 0.106. The number of anilines is 5. The molecule has 1 aromatic heterocycles. The van der Waals surface area contributed by atoms with Crippen LogP contribution in [-0.4, -0.2) is 6.85 Å². The lowest BCUT2D eigenvalue weighted by atomic mass is 9.43. The largest absolute Gasteiger partial charge is 0.376 e. The maximum Gasteiger partial charge on any atom is 0.333 e. The highest BCUT2D eigenvalue weighted by atomic mass is 32.1. The van der Waals surface area contributed by atoms with Crippen molar-refractivity contribution < 1.29 is 0 Å². The van der Waals surface area contributed by atoms with Crippen molar-refractivity contribution in [3.8, 4) is 22.3 Å². The summed E-state index contributed by atoms with van der Waals surface area (Å²) in [5.74, 6) is 0. The van der Waals surface area contributed by atoms with Crippen LogP contribution in [0, 0.1) is 6.92 Å². The monoisotopic (exact) mass is 672 g/mol. The number of benzene rings is 7. The Kier molecular flexibility index (Phi) is 7.14. The van der Waals surface area contributed by atoms with E-state index in [2.05, 4.69) is 175 Å². The zero-order chi connectivity index (χ0) is 34.1. The normalized spacial score (nSPS) is 13.0. The number of nitrogens with zero attached hydrogens (tertiary/aromatic N) is 2. The van der Waals surface area contributed by atoms with E-state index in [0.29, 0.717) is 0 Å². The van der Waals surface area contributed by atoms with E-state index in [1.807, 2.05) is 11.3 Å². The van der Waals surface area contributed by atoms with Gasteiger partial charge in [0.1, 0.15) is 0 Å². The van der Waals surface area contributed by atoms with E-state index in [4.69, 9.17) is 0 Å². The summed E-state index contributed by atoms with van der Waals surface area (Å²) in [6.07, 6.45) is 3.45. The van der Waals surface area contributed by atoms with Crippen LogP contribution < -0.4 is 20.6 Å². The first-order chi connectivity index (χ1) is 25.2. The molecule has 51 heavy (non-hydrogen) atoms. The average molecular weight is 673 g/mol. The third-order valence-corrected chi connectivity index (χ3v) is 12.0. The van der Waals surface area contributed by atoms with Crippen molar-refractivity contribution in [3.63, 3.8) is 0 Å². The van der Waals surface area contributed by atoms with E-state index in [1.165, 1.54) is 106 Å². The first-order valence-electron chi connectivity index (χ1n) is 18.2. The van der Waals surface area contributed by atoms with Gasteiger partial charge in [0.15, 0.2) is 0 Å². The van der Waals surface area contributed by atoms with Crippen LogP contribution in [0.15, 0.2) is 152 Å². The van der Waals surface area contributed by atoms with E-state index in [-0.39, 0.29) is 6.85 Å². The van der Waals surface area contributed by atoms with Gasteiger partial charge < -0.3 is 9.71 Å². The van der Waals surface area contributed by atoms with Crippen LogP contribution >= 0.6 is 11.3 Å². The van der Waals surface area contributed by atoms with E-state index >= 15 is 0 Å². The van der Waals surface area contributed by atoms with Gasteiger partial charge in [0.2, 0.25) is 0 Å².